The average Bonchev–Trinajstić information content (AvgIpc) is 2.89. The number of carbonyl (C=O) groups excluding carboxylic acids is 1. The highest BCUT2D eigenvalue weighted by Gasteiger charge is 2.22. The number of nitrogens with zero attached hydrogens (tertiary/aromatic N) is 3. The molecule has 0 saturated heterocycles. The minimum Gasteiger partial charge on any atom is -0.481 e. The van der Waals surface area contributed by atoms with Crippen molar-refractivity contribution in [3.05, 3.63) is 24.0 Å². The van der Waals surface area contributed by atoms with E-state index >= 15 is 0 Å². The predicted molar refractivity (Wildman–Crippen MR) is 81.6 cm³/mol. The quantitative estimate of drug-likeness (QED) is 0.878. The minimum absolute atomic E-state index is 0.182. The molecule has 7 heteroatoms. The molecule has 2 heterocycles. The predicted octanol–water partition coefficient (Wildman–Crippen LogP) is 1.85. The first-order chi connectivity index (χ1) is 10.3. The fraction of sp³-hybridized carbons (Fsp3) is 0.467. The molecule has 0 saturated carbocycles. The summed E-state index contributed by atoms with van der Waals surface area (Å²) >= 11 is 0. The number of hydrogen-bond donors (Lipinski definition) is 2. The molecule has 0 fully saturated rings. The Morgan fingerprint density at radius 3 is 2.50 bits per heavy atom. The van der Waals surface area contributed by atoms with E-state index in [-0.39, 0.29) is 11.9 Å². The third-order valence-electron chi connectivity index (χ3n) is 3.68. The number of aliphatic carboxylic acids is 1. The second kappa shape index (κ2) is 6.13. The van der Waals surface area contributed by atoms with Crippen LogP contribution in [0.2, 0.25) is 0 Å². The van der Waals surface area contributed by atoms with Gasteiger partial charge in [0, 0.05) is 23.7 Å². The van der Waals surface area contributed by atoms with Crippen molar-refractivity contribution in [3.63, 3.8) is 0 Å². The van der Waals surface area contributed by atoms with Crippen LogP contribution in [0.15, 0.2) is 18.5 Å². The number of pyridine rings is 1. The van der Waals surface area contributed by atoms with Crippen molar-refractivity contribution >= 4 is 22.9 Å². The largest absolute Gasteiger partial charge is 0.481 e. The van der Waals surface area contributed by atoms with Crippen molar-refractivity contribution in [2.24, 2.45) is 5.92 Å². The number of hydrogen-bond acceptors (Lipinski definition) is 4. The van der Waals surface area contributed by atoms with E-state index in [4.69, 9.17) is 5.11 Å². The number of carboxylic acid groups (broad SMARTS) is 1. The molecule has 2 aromatic rings. The van der Waals surface area contributed by atoms with Crippen LogP contribution in [0.3, 0.4) is 0 Å². The molecule has 2 unspecified atom stereocenters. The zero-order valence-electron chi connectivity index (χ0n) is 13.1. The molecule has 7 nitrogen and oxygen atoms in total. The van der Waals surface area contributed by atoms with E-state index in [0.717, 1.165) is 11.0 Å². The summed E-state index contributed by atoms with van der Waals surface area (Å²) in [7, 11) is 0. The number of nitrogens with one attached hydrogen (secondary N) is 1. The van der Waals surface area contributed by atoms with Gasteiger partial charge in [-0.1, -0.05) is 0 Å². The second-order valence-electron chi connectivity index (χ2n) is 5.71. The molecule has 2 rings (SSSR count). The van der Waals surface area contributed by atoms with Crippen LogP contribution >= 0.6 is 0 Å². The maximum atomic E-state index is 12.2. The number of amides is 1. The molecule has 0 aromatic carbocycles. The summed E-state index contributed by atoms with van der Waals surface area (Å²) in [5, 5.41) is 16.7. The zero-order chi connectivity index (χ0) is 16.4. The van der Waals surface area contributed by atoms with E-state index in [0.29, 0.717) is 5.56 Å². The van der Waals surface area contributed by atoms with Crippen LogP contribution in [0.5, 0.6) is 0 Å². The van der Waals surface area contributed by atoms with Crippen molar-refractivity contribution in [3.8, 4) is 0 Å². The minimum atomic E-state index is -0.945. The third-order valence-corrected chi connectivity index (χ3v) is 3.68. The summed E-state index contributed by atoms with van der Waals surface area (Å²) in [6.45, 7) is 7.23. The normalized spacial score (nSPS) is 14.0. The molecular formula is C15H20N4O3. The summed E-state index contributed by atoms with van der Waals surface area (Å²) in [5.41, 5.74) is 1.11. The van der Waals surface area contributed by atoms with Crippen molar-refractivity contribution in [1.82, 2.24) is 20.1 Å². The van der Waals surface area contributed by atoms with Gasteiger partial charge in [-0.05, 0) is 33.8 Å². The Morgan fingerprint density at radius 1 is 1.23 bits per heavy atom. The number of carbonyl (C=O) groups is 2. The third kappa shape index (κ3) is 3.08. The Morgan fingerprint density at radius 2 is 1.91 bits per heavy atom. The summed E-state index contributed by atoms with van der Waals surface area (Å²) < 4.78 is 1.78. The van der Waals surface area contributed by atoms with Gasteiger partial charge in [0.1, 0.15) is 0 Å². The van der Waals surface area contributed by atoms with Gasteiger partial charge in [-0.2, -0.15) is 5.10 Å². The number of fused-ring (bicyclic) bond motifs is 1. The lowest BCUT2D eigenvalue weighted by atomic mass is 10.0. The van der Waals surface area contributed by atoms with Crippen molar-refractivity contribution < 1.29 is 14.7 Å². The molecule has 2 aromatic heterocycles. The summed E-state index contributed by atoms with van der Waals surface area (Å²) in [4.78, 5) is 27.4. The van der Waals surface area contributed by atoms with Crippen LogP contribution in [0.1, 0.15) is 44.1 Å². The molecule has 1 amide bonds. The van der Waals surface area contributed by atoms with Gasteiger partial charge in [-0.25, -0.2) is 9.67 Å². The van der Waals surface area contributed by atoms with E-state index < -0.39 is 17.9 Å². The second-order valence-corrected chi connectivity index (χ2v) is 5.71. The summed E-state index contributed by atoms with van der Waals surface area (Å²) in [5.74, 6) is -1.95. The maximum Gasteiger partial charge on any atom is 0.308 e. The first-order valence-corrected chi connectivity index (χ1v) is 7.18. The van der Waals surface area contributed by atoms with Crippen LogP contribution in [0.25, 0.3) is 11.0 Å². The van der Waals surface area contributed by atoms with Crippen LogP contribution < -0.4 is 5.32 Å². The molecule has 0 aliphatic heterocycles. The number of carboxylic acids is 1. The van der Waals surface area contributed by atoms with Crippen LogP contribution in [-0.4, -0.2) is 37.8 Å². The van der Waals surface area contributed by atoms with Gasteiger partial charge in [-0.15, -0.1) is 0 Å². The maximum absolute atomic E-state index is 12.2. The van der Waals surface area contributed by atoms with Gasteiger partial charge in [0.05, 0.1) is 17.7 Å². The molecule has 2 atom stereocenters. The lowest BCUT2D eigenvalue weighted by molar-refractivity contribution is -0.141. The number of rotatable bonds is 5. The highest BCUT2D eigenvalue weighted by molar-refractivity contribution is 5.97. The Kier molecular flexibility index (Phi) is 4.44. The lowest BCUT2D eigenvalue weighted by Gasteiger charge is -2.17. The number of aromatic nitrogens is 3. The van der Waals surface area contributed by atoms with Gasteiger partial charge < -0.3 is 10.4 Å². The first-order valence-electron chi connectivity index (χ1n) is 7.18. The summed E-state index contributed by atoms with van der Waals surface area (Å²) in [6.07, 6.45) is 3.15. The van der Waals surface area contributed by atoms with Crippen molar-refractivity contribution in [1.29, 1.82) is 0 Å². The van der Waals surface area contributed by atoms with Gasteiger partial charge >= 0.3 is 5.97 Å². The molecule has 0 radical (unpaired) electrons. The van der Waals surface area contributed by atoms with Gasteiger partial charge in [0.2, 0.25) is 0 Å². The Labute approximate surface area is 128 Å². The smallest absolute Gasteiger partial charge is 0.308 e. The topological polar surface area (TPSA) is 97.1 Å². The molecule has 118 valence electrons. The molecule has 0 spiro atoms. The Hall–Kier alpha value is -2.44. The molecule has 22 heavy (non-hydrogen) atoms. The Balaban J connectivity index is 2.20. The van der Waals surface area contributed by atoms with E-state index in [1.807, 2.05) is 13.8 Å². The van der Waals surface area contributed by atoms with Crippen molar-refractivity contribution in [2.75, 3.05) is 0 Å². The zero-order valence-corrected chi connectivity index (χ0v) is 13.1. The van der Waals surface area contributed by atoms with Crippen LogP contribution in [0, 0.1) is 5.92 Å². The van der Waals surface area contributed by atoms with E-state index in [2.05, 4.69) is 15.4 Å². The fourth-order valence-corrected chi connectivity index (χ4v) is 2.07. The van der Waals surface area contributed by atoms with Gasteiger partial charge in [0.25, 0.3) is 5.91 Å². The van der Waals surface area contributed by atoms with Crippen LogP contribution in [0.4, 0.5) is 0 Å². The molecule has 0 bridgehead atoms. The molecule has 2 N–H and O–H groups in total. The standard InChI is InChI=1S/C15H20N4O3/c1-8(2)19-13-11(7-17-19)5-12(6-16-13)14(20)18-10(4)9(3)15(21)22/h5-10H,1-4H3,(H,18,20)(H,21,22). The SMILES string of the molecule is CC(NC(=O)c1cnc2c(cnn2C(C)C)c1)C(C)C(=O)O. The van der Waals surface area contributed by atoms with Gasteiger partial charge in [0.15, 0.2) is 5.65 Å². The van der Waals surface area contributed by atoms with Gasteiger partial charge in [-0.3, -0.25) is 9.59 Å². The molecular weight excluding hydrogens is 284 g/mol. The van der Waals surface area contributed by atoms with E-state index in [1.165, 1.54) is 6.20 Å². The Bertz CT molecular complexity index is 708. The molecule has 0 aliphatic rings. The van der Waals surface area contributed by atoms with Crippen molar-refractivity contribution in [2.45, 2.75) is 39.8 Å². The van der Waals surface area contributed by atoms with E-state index in [1.54, 1.807) is 30.8 Å². The first kappa shape index (κ1) is 15.9. The monoisotopic (exact) mass is 304 g/mol. The highest BCUT2D eigenvalue weighted by atomic mass is 16.4. The fourth-order valence-electron chi connectivity index (χ4n) is 2.07. The highest BCUT2D eigenvalue weighted by Crippen LogP contribution is 2.17. The van der Waals surface area contributed by atoms with Crippen LogP contribution in [-0.2, 0) is 4.79 Å². The summed E-state index contributed by atoms with van der Waals surface area (Å²) in [6, 6.07) is 1.42. The average molecular weight is 304 g/mol. The molecule has 0 aliphatic carbocycles. The lowest BCUT2D eigenvalue weighted by Crippen LogP contribution is -2.40. The van der Waals surface area contributed by atoms with E-state index in [9.17, 15) is 9.59 Å².